The molecule has 1 aromatic heterocycles. The summed E-state index contributed by atoms with van der Waals surface area (Å²) in [5.41, 5.74) is 1.05. The molecule has 1 atom stereocenters. The summed E-state index contributed by atoms with van der Waals surface area (Å²) < 4.78 is 12.9. The molecule has 3 aromatic rings. The fourth-order valence-electron chi connectivity index (χ4n) is 3.65. The minimum absolute atomic E-state index is 0.123. The molecular weight excluding hydrogens is 474 g/mol. The van der Waals surface area contributed by atoms with Crippen LogP contribution in [-0.2, 0) is 16.0 Å². The molecule has 3 rings (SSSR count). The van der Waals surface area contributed by atoms with E-state index in [-0.39, 0.29) is 11.5 Å². The van der Waals surface area contributed by atoms with Gasteiger partial charge in [-0.1, -0.05) is 28.1 Å². The number of ether oxygens (including phenoxy) is 2. The zero-order valence-corrected chi connectivity index (χ0v) is 20.2. The highest BCUT2D eigenvalue weighted by Crippen LogP contribution is 2.23. The third-order valence-corrected chi connectivity index (χ3v) is 5.88. The van der Waals surface area contributed by atoms with E-state index in [0.717, 1.165) is 4.47 Å². The van der Waals surface area contributed by atoms with Gasteiger partial charge in [-0.05, 0) is 49.7 Å². The van der Waals surface area contributed by atoms with Crippen molar-refractivity contribution in [3.8, 4) is 0 Å². The Labute approximate surface area is 196 Å². The van der Waals surface area contributed by atoms with Crippen molar-refractivity contribution in [2.24, 2.45) is 0 Å². The predicted octanol–water partition coefficient (Wildman–Crippen LogP) is 4.05. The lowest BCUT2D eigenvalue weighted by molar-refractivity contribution is 0.0653. The highest BCUT2D eigenvalue weighted by atomic mass is 79.9. The van der Waals surface area contributed by atoms with Crippen LogP contribution in [0.2, 0.25) is 0 Å². The van der Waals surface area contributed by atoms with Crippen LogP contribution >= 0.6 is 15.9 Å². The summed E-state index contributed by atoms with van der Waals surface area (Å²) in [6.07, 6.45) is 0.666. The van der Waals surface area contributed by atoms with Crippen molar-refractivity contribution in [2.45, 2.75) is 25.9 Å². The number of fused-ring (bicyclic) bond motifs is 1. The first-order valence-electron chi connectivity index (χ1n) is 10.5. The Morgan fingerprint density at radius 1 is 1.09 bits per heavy atom. The van der Waals surface area contributed by atoms with Crippen molar-refractivity contribution in [2.75, 3.05) is 34.0 Å². The second-order valence-corrected chi connectivity index (χ2v) is 8.38. The predicted molar refractivity (Wildman–Crippen MR) is 128 cm³/mol. The molecule has 1 amide bonds. The Morgan fingerprint density at radius 2 is 1.78 bits per heavy atom. The number of carbonyl (C=O) groups excluding carboxylic acids is 1. The Kier molecular flexibility index (Phi) is 8.55. The van der Waals surface area contributed by atoms with Crippen molar-refractivity contribution < 1.29 is 14.3 Å². The smallest absolute Gasteiger partial charge is 0.261 e. The molecule has 32 heavy (non-hydrogen) atoms. The van der Waals surface area contributed by atoms with Gasteiger partial charge in [-0.25, -0.2) is 4.98 Å². The molecule has 8 heteroatoms. The molecule has 1 heterocycles. The van der Waals surface area contributed by atoms with Gasteiger partial charge in [0, 0.05) is 37.4 Å². The number of para-hydroxylation sites is 1. The van der Waals surface area contributed by atoms with Crippen LogP contribution < -0.4 is 5.56 Å². The zero-order valence-electron chi connectivity index (χ0n) is 18.6. The molecule has 2 aromatic carbocycles. The lowest BCUT2D eigenvalue weighted by Crippen LogP contribution is -2.39. The number of halogens is 1. The van der Waals surface area contributed by atoms with E-state index < -0.39 is 6.04 Å². The van der Waals surface area contributed by atoms with Crippen LogP contribution in [0.15, 0.2) is 57.8 Å². The van der Waals surface area contributed by atoms with Gasteiger partial charge in [-0.15, -0.1) is 0 Å². The van der Waals surface area contributed by atoms with Crippen molar-refractivity contribution >= 4 is 32.7 Å². The monoisotopic (exact) mass is 501 g/mol. The first-order valence-corrected chi connectivity index (χ1v) is 11.3. The fourth-order valence-corrected chi connectivity index (χ4v) is 3.92. The fraction of sp³-hybridized carbons (Fsp3) is 0.375. The summed E-state index contributed by atoms with van der Waals surface area (Å²) in [5.74, 6) is 0.412. The average molecular weight is 502 g/mol. The molecule has 170 valence electrons. The molecule has 0 radical (unpaired) electrons. The van der Waals surface area contributed by atoms with Crippen LogP contribution in [-0.4, -0.2) is 54.3 Å². The molecule has 0 N–H and O–H groups in total. The van der Waals surface area contributed by atoms with E-state index in [1.807, 2.05) is 37.3 Å². The molecule has 1 unspecified atom stereocenters. The zero-order chi connectivity index (χ0) is 23.1. The van der Waals surface area contributed by atoms with Crippen molar-refractivity contribution in [1.29, 1.82) is 0 Å². The van der Waals surface area contributed by atoms with Crippen LogP contribution in [0, 0.1) is 0 Å². The van der Waals surface area contributed by atoms with E-state index in [2.05, 4.69) is 15.9 Å². The van der Waals surface area contributed by atoms with Gasteiger partial charge in [0.2, 0.25) is 0 Å². The summed E-state index contributed by atoms with van der Waals surface area (Å²) in [7, 11) is 3.23. The Hall–Kier alpha value is -2.55. The van der Waals surface area contributed by atoms with Gasteiger partial charge < -0.3 is 14.4 Å². The molecule has 0 fully saturated rings. The molecule has 0 aliphatic rings. The normalized spacial score (nSPS) is 12.1. The number of aromatic nitrogens is 2. The van der Waals surface area contributed by atoms with E-state index in [1.165, 1.54) is 0 Å². The van der Waals surface area contributed by atoms with Gasteiger partial charge in [0.25, 0.3) is 11.5 Å². The van der Waals surface area contributed by atoms with Crippen LogP contribution in [0.1, 0.15) is 35.6 Å². The van der Waals surface area contributed by atoms with Crippen LogP contribution in [0.5, 0.6) is 0 Å². The van der Waals surface area contributed by atoms with E-state index in [0.29, 0.717) is 55.0 Å². The highest BCUT2D eigenvalue weighted by molar-refractivity contribution is 9.10. The third kappa shape index (κ3) is 5.43. The van der Waals surface area contributed by atoms with Crippen LogP contribution in [0.3, 0.4) is 0 Å². The Balaban J connectivity index is 2.07. The number of benzene rings is 2. The van der Waals surface area contributed by atoms with Gasteiger partial charge in [-0.3, -0.25) is 14.2 Å². The van der Waals surface area contributed by atoms with Crippen molar-refractivity contribution in [3.63, 3.8) is 0 Å². The molecular formula is C24H28BrN3O4. The SMILES string of the molecule is COCCCN(C(=O)c1ccc(Br)cc1)C(C)c1nc2ccccc2c(=O)n1CCOC. The van der Waals surface area contributed by atoms with Crippen molar-refractivity contribution in [1.82, 2.24) is 14.5 Å². The van der Waals surface area contributed by atoms with Gasteiger partial charge in [0.15, 0.2) is 0 Å². The maximum absolute atomic E-state index is 13.5. The van der Waals surface area contributed by atoms with Gasteiger partial charge in [0.05, 0.1) is 30.1 Å². The highest BCUT2D eigenvalue weighted by Gasteiger charge is 2.27. The molecule has 0 spiro atoms. The topological polar surface area (TPSA) is 73.7 Å². The summed E-state index contributed by atoms with van der Waals surface area (Å²) in [6, 6.07) is 14.1. The first kappa shape index (κ1) is 24.1. The second-order valence-electron chi connectivity index (χ2n) is 7.46. The Bertz CT molecular complexity index is 1110. The van der Waals surface area contributed by atoms with Gasteiger partial charge >= 0.3 is 0 Å². The largest absolute Gasteiger partial charge is 0.385 e. The second kappa shape index (κ2) is 11.4. The number of carbonyl (C=O) groups is 1. The van der Waals surface area contributed by atoms with Crippen LogP contribution in [0.25, 0.3) is 10.9 Å². The van der Waals surface area contributed by atoms with E-state index in [1.54, 1.807) is 41.9 Å². The van der Waals surface area contributed by atoms with E-state index in [4.69, 9.17) is 14.5 Å². The molecule has 0 bridgehead atoms. The lowest BCUT2D eigenvalue weighted by atomic mass is 10.1. The molecule has 0 aliphatic carbocycles. The number of methoxy groups -OCH3 is 2. The average Bonchev–Trinajstić information content (AvgIpc) is 2.81. The number of hydrogen-bond acceptors (Lipinski definition) is 5. The number of hydrogen-bond donors (Lipinski definition) is 0. The summed E-state index contributed by atoms with van der Waals surface area (Å²) >= 11 is 3.41. The molecule has 0 aliphatic heterocycles. The van der Waals surface area contributed by atoms with Gasteiger partial charge in [-0.2, -0.15) is 0 Å². The number of nitrogens with zero attached hydrogens (tertiary/aromatic N) is 3. The van der Waals surface area contributed by atoms with E-state index in [9.17, 15) is 9.59 Å². The maximum atomic E-state index is 13.5. The maximum Gasteiger partial charge on any atom is 0.261 e. The summed E-state index contributed by atoms with van der Waals surface area (Å²) in [4.78, 5) is 33.3. The Morgan fingerprint density at radius 3 is 2.47 bits per heavy atom. The summed E-state index contributed by atoms with van der Waals surface area (Å²) in [5, 5.41) is 0.546. The van der Waals surface area contributed by atoms with Crippen LogP contribution in [0.4, 0.5) is 0 Å². The van der Waals surface area contributed by atoms with Gasteiger partial charge in [0.1, 0.15) is 5.82 Å². The van der Waals surface area contributed by atoms with Crippen molar-refractivity contribution in [3.05, 3.63) is 74.7 Å². The first-order chi connectivity index (χ1) is 15.5. The molecule has 0 saturated carbocycles. The standard InChI is InChI=1S/C24H28BrN3O4/c1-17(27(13-6-15-31-2)23(29)18-9-11-19(25)12-10-18)22-26-21-8-5-4-7-20(21)24(30)28(22)14-16-32-3/h4-5,7-12,17H,6,13-16H2,1-3H3. The number of rotatable bonds is 10. The number of amides is 1. The quantitative estimate of drug-likeness (QED) is 0.392. The lowest BCUT2D eigenvalue weighted by Gasteiger charge is -2.30. The molecule has 0 saturated heterocycles. The molecule has 7 nitrogen and oxygen atoms in total. The third-order valence-electron chi connectivity index (χ3n) is 5.35. The van der Waals surface area contributed by atoms with E-state index >= 15 is 0 Å². The minimum Gasteiger partial charge on any atom is -0.385 e. The summed E-state index contributed by atoms with van der Waals surface area (Å²) in [6.45, 7) is 3.62. The minimum atomic E-state index is -0.433.